The monoisotopic (exact) mass is 537 g/mol. The summed E-state index contributed by atoms with van der Waals surface area (Å²) in [4.78, 5) is 53.5. The standard InChI is InChI=1S/C28H35N5O6/c1-3-16(2)25(29)27(37)31-15-24(35)32-22(13-18-14-30-21-7-5-4-6-20(18)21)26(36)33-23(28(38)39)12-17-8-10-19(34)11-9-17/h4-11,14,16,22-23,25,30,34H,3,12-13,15,29H2,1-2H3,(H,31,37)(H,32,35)(H,33,36)(H,38,39). The highest BCUT2D eigenvalue weighted by atomic mass is 16.4. The molecule has 4 atom stereocenters. The number of aromatic amines is 1. The van der Waals surface area contributed by atoms with Crippen LogP contribution in [-0.4, -0.2) is 63.6 Å². The first-order valence-electron chi connectivity index (χ1n) is 12.8. The fourth-order valence-electron chi connectivity index (χ4n) is 4.11. The lowest BCUT2D eigenvalue weighted by molar-refractivity contribution is -0.142. The SMILES string of the molecule is CCC(C)C(N)C(=O)NCC(=O)NC(Cc1c[nH]c2ccccc12)C(=O)NC(Cc1ccc(O)cc1)C(=O)O. The molecule has 1 aromatic heterocycles. The fraction of sp³-hybridized carbons (Fsp3) is 0.357. The molecular formula is C28H35N5O6. The number of phenols is 1. The van der Waals surface area contributed by atoms with E-state index in [0.717, 1.165) is 16.5 Å². The van der Waals surface area contributed by atoms with Gasteiger partial charge in [0, 0.05) is 29.9 Å². The number of aromatic nitrogens is 1. The second-order valence-corrected chi connectivity index (χ2v) is 9.58. The molecule has 0 saturated heterocycles. The zero-order chi connectivity index (χ0) is 28.5. The summed E-state index contributed by atoms with van der Waals surface area (Å²) in [5, 5.41) is 27.7. The summed E-state index contributed by atoms with van der Waals surface area (Å²) < 4.78 is 0. The molecule has 0 radical (unpaired) electrons. The maximum absolute atomic E-state index is 13.3. The normalized spacial score (nSPS) is 14.1. The lowest BCUT2D eigenvalue weighted by Gasteiger charge is -2.22. The quantitative estimate of drug-likeness (QED) is 0.171. The van der Waals surface area contributed by atoms with Gasteiger partial charge in [-0.2, -0.15) is 0 Å². The van der Waals surface area contributed by atoms with Gasteiger partial charge in [-0.3, -0.25) is 14.4 Å². The number of rotatable bonds is 13. The number of H-pyrrole nitrogens is 1. The van der Waals surface area contributed by atoms with Crippen molar-refractivity contribution in [2.45, 2.75) is 51.2 Å². The lowest BCUT2D eigenvalue weighted by Crippen LogP contribution is -2.55. The van der Waals surface area contributed by atoms with Crippen molar-refractivity contribution in [3.63, 3.8) is 0 Å². The zero-order valence-electron chi connectivity index (χ0n) is 21.9. The number of nitrogens with two attached hydrogens (primary N) is 1. The Hall–Kier alpha value is -4.38. The van der Waals surface area contributed by atoms with Crippen LogP contribution in [0.4, 0.5) is 0 Å². The van der Waals surface area contributed by atoms with Gasteiger partial charge in [-0.1, -0.05) is 50.6 Å². The van der Waals surface area contributed by atoms with Crippen molar-refractivity contribution in [1.29, 1.82) is 0 Å². The number of para-hydroxylation sites is 1. The number of hydrogen-bond donors (Lipinski definition) is 7. The Bertz CT molecular complexity index is 1310. The highest BCUT2D eigenvalue weighted by Crippen LogP contribution is 2.19. The van der Waals surface area contributed by atoms with Crippen LogP contribution in [0.3, 0.4) is 0 Å². The minimum atomic E-state index is -1.28. The van der Waals surface area contributed by atoms with Gasteiger partial charge >= 0.3 is 5.97 Å². The maximum atomic E-state index is 13.3. The van der Waals surface area contributed by atoms with Gasteiger partial charge in [0.05, 0.1) is 12.6 Å². The minimum absolute atomic E-state index is 0.0291. The molecule has 3 aromatic rings. The molecule has 0 aliphatic carbocycles. The number of fused-ring (bicyclic) bond motifs is 1. The average molecular weight is 538 g/mol. The Morgan fingerprint density at radius 3 is 2.31 bits per heavy atom. The van der Waals surface area contributed by atoms with E-state index in [4.69, 9.17) is 5.73 Å². The third-order valence-corrected chi connectivity index (χ3v) is 6.72. The number of carbonyl (C=O) groups is 4. The molecule has 0 spiro atoms. The Balaban J connectivity index is 1.75. The summed E-state index contributed by atoms with van der Waals surface area (Å²) in [6, 6.07) is 10.3. The molecule has 208 valence electrons. The first kappa shape index (κ1) is 29.2. The fourth-order valence-corrected chi connectivity index (χ4v) is 4.11. The molecule has 3 amide bonds. The summed E-state index contributed by atoms with van der Waals surface area (Å²) in [6.45, 7) is 3.35. The first-order chi connectivity index (χ1) is 18.6. The molecule has 39 heavy (non-hydrogen) atoms. The molecule has 11 heteroatoms. The molecule has 0 bridgehead atoms. The molecule has 4 unspecified atom stereocenters. The van der Waals surface area contributed by atoms with Crippen LogP contribution in [0.1, 0.15) is 31.4 Å². The Morgan fingerprint density at radius 2 is 1.64 bits per heavy atom. The summed E-state index contributed by atoms with van der Waals surface area (Å²) in [6.07, 6.45) is 2.48. The van der Waals surface area contributed by atoms with Crippen LogP contribution < -0.4 is 21.7 Å². The van der Waals surface area contributed by atoms with Crippen LogP contribution in [0, 0.1) is 5.92 Å². The van der Waals surface area contributed by atoms with Gasteiger partial charge in [0.25, 0.3) is 0 Å². The van der Waals surface area contributed by atoms with E-state index in [1.165, 1.54) is 12.1 Å². The Labute approximate surface area is 226 Å². The van der Waals surface area contributed by atoms with Crippen molar-refractivity contribution < 1.29 is 29.4 Å². The molecule has 2 aromatic carbocycles. The highest BCUT2D eigenvalue weighted by Gasteiger charge is 2.28. The Kier molecular flexibility index (Phi) is 10.0. The first-order valence-corrected chi connectivity index (χ1v) is 12.8. The van der Waals surface area contributed by atoms with E-state index in [1.54, 1.807) is 18.3 Å². The number of hydrogen-bond acceptors (Lipinski definition) is 6. The predicted octanol–water partition coefficient (Wildman–Crippen LogP) is 1.20. The van der Waals surface area contributed by atoms with Crippen LogP contribution in [0.2, 0.25) is 0 Å². The van der Waals surface area contributed by atoms with E-state index in [-0.39, 0.29) is 24.5 Å². The van der Waals surface area contributed by atoms with E-state index < -0.39 is 48.4 Å². The molecular weight excluding hydrogens is 502 g/mol. The van der Waals surface area contributed by atoms with Gasteiger partial charge in [0.15, 0.2) is 0 Å². The molecule has 0 aliphatic heterocycles. The van der Waals surface area contributed by atoms with Crippen molar-refractivity contribution >= 4 is 34.6 Å². The molecule has 0 fully saturated rings. The highest BCUT2D eigenvalue weighted by molar-refractivity contribution is 5.93. The van der Waals surface area contributed by atoms with Gasteiger partial charge in [-0.15, -0.1) is 0 Å². The summed E-state index contributed by atoms with van der Waals surface area (Å²) in [7, 11) is 0. The van der Waals surface area contributed by atoms with Gasteiger partial charge in [-0.25, -0.2) is 4.79 Å². The predicted molar refractivity (Wildman–Crippen MR) is 146 cm³/mol. The van der Waals surface area contributed by atoms with Gasteiger partial charge < -0.3 is 36.9 Å². The van der Waals surface area contributed by atoms with E-state index in [9.17, 15) is 29.4 Å². The van der Waals surface area contributed by atoms with Crippen LogP contribution in [0.25, 0.3) is 10.9 Å². The van der Waals surface area contributed by atoms with E-state index in [0.29, 0.717) is 12.0 Å². The van der Waals surface area contributed by atoms with Crippen molar-refractivity contribution in [3.8, 4) is 5.75 Å². The summed E-state index contributed by atoms with van der Waals surface area (Å²) in [5.41, 5.74) is 8.12. The molecule has 11 nitrogen and oxygen atoms in total. The minimum Gasteiger partial charge on any atom is -0.508 e. The Morgan fingerprint density at radius 1 is 0.949 bits per heavy atom. The molecule has 0 aliphatic rings. The van der Waals surface area contributed by atoms with E-state index in [1.807, 2.05) is 38.1 Å². The summed E-state index contributed by atoms with van der Waals surface area (Å²) >= 11 is 0. The third-order valence-electron chi connectivity index (χ3n) is 6.72. The zero-order valence-corrected chi connectivity index (χ0v) is 21.9. The van der Waals surface area contributed by atoms with E-state index >= 15 is 0 Å². The molecule has 3 rings (SSSR count). The number of amides is 3. The number of aliphatic carboxylic acids is 1. The number of aromatic hydroxyl groups is 1. The number of phenolic OH excluding ortho intramolecular Hbond substituents is 1. The average Bonchev–Trinajstić information content (AvgIpc) is 3.33. The lowest BCUT2D eigenvalue weighted by atomic mass is 9.99. The molecule has 0 saturated carbocycles. The largest absolute Gasteiger partial charge is 0.508 e. The third kappa shape index (κ3) is 8.05. The maximum Gasteiger partial charge on any atom is 0.326 e. The van der Waals surface area contributed by atoms with Crippen LogP contribution >= 0.6 is 0 Å². The summed E-state index contributed by atoms with van der Waals surface area (Å²) in [5.74, 6) is -3.08. The van der Waals surface area contributed by atoms with Gasteiger partial charge in [-0.05, 0) is 35.2 Å². The van der Waals surface area contributed by atoms with Crippen LogP contribution in [0.5, 0.6) is 5.75 Å². The topological polar surface area (TPSA) is 187 Å². The molecule has 1 heterocycles. The number of carboxylic acids is 1. The van der Waals surface area contributed by atoms with Crippen molar-refractivity contribution in [2.24, 2.45) is 11.7 Å². The van der Waals surface area contributed by atoms with Gasteiger partial charge in [0.2, 0.25) is 17.7 Å². The van der Waals surface area contributed by atoms with Gasteiger partial charge in [0.1, 0.15) is 17.8 Å². The second-order valence-electron chi connectivity index (χ2n) is 9.58. The van der Waals surface area contributed by atoms with Crippen LogP contribution in [-0.2, 0) is 32.0 Å². The van der Waals surface area contributed by atoms with Crippen molar-refractivity contribution in [1.82, 2.24) is 20.9 Å². The second kappa shape index (κ2) is 13.4. The van der Waals surface area contributed by atoms with E-state index in [2.05, 4.69) is 20.9 Å². The number of benzene rings is 2. The number of carboxylic acid groups (broad SMARTS) is 1. The van der Waals surface area contributed by atoms with Crippen molar-refractivity contribution in [3.05, 3.63) is 65.9 Å². The van der Waals surface area contributed by atoms with Crippen molar-refractivity contribution in [2.75, 3.05) is 6.54 Å². The smallest absolute Gasteiger partial charge is 0.326 e. The number of carbonyl (C=O) groups excluding carboxylic acids is 3. The number of nitrogens with one attached hydrogen (secondary N) is 4. The van der Waals surface area contributed by atoms with Crippen LogP contribution in [0.15, 0.2) is 54.7 Å². The molecule has 8 N–H and O–H groups in total.